The monoisotopic (exact) mass is 355 g/mol. The average molecular weight is 356 g/mol. The third kappa shape index (κ3) is 4.50. The molecule has 0 saturated carbocycles. The predicted octanol–water partition coefficient (Wildman–Crippen LogP) is 3.93. The maximum Gasteiger partial charge on any atom is 0.342 e. The number of benzene rings is 1. The van der Waals surface area contributed by atoms with Crippen LogP contribution in [0.3, 0.4) is 0 Å². The van der Waals surface area contributed by atoms with E-state index in [-0.39, 0.29) is 12.6 Å². The van der Waals surface area contributed by atoms with Gasteiger partial charge >= 0.3 is 5.97 Å². The van der Waals surface area contributed by atoms with Crippen molar-refractivity contribution in [3.05, 3.63) is 57.5 Å². The number of hydrogen-bond donors (Lipinski definition) is 1. The molecule has 1 N–H and O–H groups in total. The Morgan fingerprint density at radius 2 is 2.00 bits per heavy atom. The number of nitrogens with one attached hydrogen (secondary N) is 1. The zero-order valence-corrected chi connectivity index (χ0v) is 14.1. The molecule has 0 fully saturated rings. The summed E-state index contributed by atoms with van der Waals surface area (Å²) < 4.78 is 9.96. The number of amides is 1. The van der Waals surface area contributed by atoms with E-state index in [2.05, 4.69) is 5.32 Å². The van der Waals surface area contributed by atoms with Crippen molar-refractivity contribution in [1.82, 2.24) is 5.32 Å². The lowest BCUT2D eigenvalue weighted by molar-refractivity contribution is -0.124. The molecule has 2 aromatic rings. The van der Waals surface area contributed by atoms with E-state index in [4.69, 9.17) is 32.4 Å². The van der Waals surface area contributed by atoms with Crippen LogP contribution in [-0.4, -0.2) is 18.5 Å². The molecule has 23 heavy (non-hydrogen) atoms. The highest BCUT2D eigenvalue weighted by molar-refractivity contribution is 6.42. The maximum atomic E-state index is 11.9. The fourth-order valence-electron chi connectivity index (χ4n) is 1.95. The van der Waals surface area contributed by atoms with E-state index >= 15 is 0 Å². The van der Waals surface area contributed by atoms with Crippen LogP contribution in [0.1, 0.15) is 34.6 Å². The molecule has 0 saturated heterocycles. The molecule has 0 aliphatic rings. The average Bonchev–Trinajstić information content (AvgIpc) is 2.93. The van der Waals surface area contributed by atoms with Crippen molar-refractivity contribution >= 4 is 35.1 Å². The largest absolute Gasteiger partial charge is 0.469 e. The van der Waals surface area contributed by atoms with Gasteiger partial charge in [0.15, 0.2) is 6.61 Å². The number of esters is 1. The summed E-state index contributed by atoms with van der Waals surface area (Å²) in [6, 6.07) is 6.29. The van der Waals surface area contributed by atoms with E-state index in [1.165, 1.54) is 12.3 Å². The third-order valence-electron chi connectivity index (χ3n) is 3.23. The number of ether oxygens (including phenoxy) is 1. The Morgan fingerprint density at radius 1 is 1.26 bits per heavy atom. The molecule has 7 heteroatoms. The van der Waals surface area contributed by atoms with Crippen molar-refractivity contribution in [2.75, 3.05) is 6.61 Å². The Morgan fingerprint density at radius 3 is 2.61 bits per heavy atom. The van der Waals surface area contributed by atoms with Crippen molar-refractivity contribution in [2.24, 2.45) is 0 Å². The van der Waals surface area contributed by atoms with Crippen molar-refractivity contribution in [3.63, 3.8) is 0 Å². The topological polar surface area (TPSA) is 68.5 Å². The first kappa shape index (κ1) is 17.4. The summed E-state index contributed by atoms with van der Waals surface area (Å²) in [5.41, 5.74) is 1.10. The number of halogens is 2. The van der Waals surface area contributed by atoms with Crippen molar-refractivity contribution in [1.29, 1.82) is 0 Å². The van der Waals surface area contributed by atoms with Crippen LogP contribution in [0.25, 0.3) is 0 Å². The molecule has 0 spiro atoms. The SMILES string of the molecule is Cc1occc1C(=O)OCC(=O)NC(C)c1ccc(Cl)c(Cl)c1. The number of hydrogen-bond acceptors (Lipinski definition) is 4. The minimum atomic E-state index is -0.603. The minimum Gasteiger partial charge on any atom is -0.469 e. The Bertz CT molecular complexity index is 727. The standard InChI is InChI=1S/C16H15Cl2NO4/c1-9(11-3-4-13(17)14(18)7-11)19-15(20)8-23-16(21)12-5-6-22-10(12)2/h3-7,9H,8H2,1-2H3,(H,19,20). The molecule has 1 amide bonds. The highest BCUT2D eigenvalue weighted by atomic mass is 35.5. The molecule has 0 aliphatic carbocycles. The predicted molar refractivity (Wildman–Crippen MR) is 86.7 cm³/mol. The summed E-state index contributed by atoms with van der Waals surface area (Å²) in [6.07, 6.45) is 1.39. The maximum absolute atomic E-state index is 11.9. The van der Waals surface area contributed by atoms with Crippen LogP contribution in [0.5, 0.6) is 0 Å². The first-order chi connectivity index (χ1) is 10.9. The Hall–Kier alpha value is -1.98. The van der Waals surface area contributed by atoms with Crippen LogP contribution in [0.2, 0.25) is 10.0 Å². The molecule has 1 atom stereocenters. The second-order valence-electron chi connectivity index (χ2n) is 4.93. The van der Waals surface area contributed by atoms with Gasteiger partial charge in [-0.3, -0.25) is 4.79 Å². The van der Waals surface area contributed by atoms with Crippen molar-refractivity contribution in [2.45, 2.75) is 19.9 Å². The van der Waals surface area contributed by atoms with Gasteiger partial charge in [-0.05, 0) is 37.6 Å². The molecular weight excluding hydrogens is 341 g/mol. The van der Waals surface area contributed by atoms with Gasteiger partial charge in [0.2, 0.25) is 0 Å². The second kappa shape index (κ2) is 7.53. The number of carbonyl (C=O) groups excluding carboxylic acids is 2. The Balaban J connectivity index is 1.88. The molecule has 1 aromatic heterocycles. The quantitative estimate of drug-likeness (QED) is 0.825. The molecule has 0 bridgehead atoms. The van der Waals surface area contributed by atoms with Gasteiger partial charge in [-0.25, -0.2) is 4.79 Å². The van der Waals surface area contributed by atoms with Crippen molar-refractivity contribution < 1.29 is 18.7 Å². The van der Waals surface area contributed by atoms with Crippen molar-refractivity contribution in [3.8, 4) is 0 Å². The number of aryl methyl sites for hydroxylation is 1. The summed E-state index contributed by atoms with van der Waals surface area (Å²) in [5.74, 6) is -0.578. The Kier molecular flexibility index (Phi) is 5.69. The normalized spacial score (nSPS) is 11.8. The summed E-state index contributed by atoms with van der Waals surface area (Å²) in [5, 5.41) is 3.57. The van der Waals surface area contributed by atoms with Crippen LogP contribution in [-0.2, 0) is 9.53 Å². The molecule has 1 heterocycles. The summed E-state index contributed by atoms with van der Waals surface area (Å²) >= 11 is 11.8. The Labute approximate surface area is 143 Å². The van der Waals surface area contributed by atoms with Gasteiger partial charge in [0.25, 0.3) is 5.91 Å². The van der Waals surface area contributed by atoms with Gasteiger partial charge in [0, 0.05) is 0 Å². The molecule has 1 aromatic carbocycles. The molecule has 0 aliphatic heterocycles. The van der Waals surface area contributed by atoms with Gasteiger partial charge in [0.05, 0.1) is 22.4 Å². The lowest BCUT2D eigenvalue weighted by atomic mass is 10.1. The lowest BCUT2D eigenvalue weighted by Gasteiger charge is -2.15. The van der Waals surface area contributed by atoms with Gasteiger partial charge in [-0.15, -0.1) is 0 Å². The summed E-state index contributed by atoms with van der Waals surface area (Å²) in [6.45, 7) is 3.05. The number of rotatable bonds is 5. The second-order valence-corrected chi connectivity index (χ2v) is 5.74. The highest BCUT2D eigenvalue weighted by Gasteiger charge is 2.16. The van der Waals surface area contributed by atoms with Crippen LogP contribution in [0.15, 0.2) is 34.9 Å². The van der Waals surface area contributed by atoms with Crippen LogP contribution in [0, 0.1) is 6.92 Å². The minimum absolute atomic E-state index is 0.299. The summed E-state index contributed by atoms with van der Waals surface area (Å²) in [4.78, 5) is 23.6. The van der Waals surface area contributed by atoms with E-state index in [9.17, 15) is 9.59 Å². The molecule has 122 valence electrons. The van der Waals surface area contributed by atoms with Gasteiger partial charge in [-0.1, -0.05) is 29.3 Å². The van der Waals surface area contributed by atoms with Gasteiger partial charge in [-0.2, -0.15) is 0 Å². The fourth-order valence-corrected chi connectivity index (χ4v) is 2.26. The van der Waals surface area contributed by atoms with E-state index in [1.807, 2.05) is 0 Å². The highest BCUT2D eigenvalue weighted by Crippen LogP contribution is 2.25. The molecular formula is C16H15Cl2NO4. The third-order valence-corrected chi connectivity index (χ3v) is 3.97. The van der Waals surface area contributed by atoms with Gasteiger partial charge < -0.3 is 14.5 Å². The molecule has 5 nitrogen and oxygen atoms in total. The van der Waals surface area contributed by atoms with Crippen LogP contribution in [0.4, 0.5) is 0 Å². The molecule has 2 rings (SSSR count). The van der Waals surface area contributed by atoms with E-state index < -0.39 is 11.9 Å². The van der Waals surface area contributed by atoms with E-state index in [1.54, 1.807) is 32.0 Å². The first-order valence-corrected chi connectivity index (χ1v) is 7.59. The van der Waals surface area contributed by atoms with Gasteiger partial charge in [0.1, 0.15) is 11.3 Å². The molecule has 1 unspecified atom stereocenters. The fraction of sp³-hybridized carbons (Fsp3) is 0.250. The van der Waals surface area contributed by atoms with Crippen LogP contribution >= 0.6 is 23.2 Å². The lowest BCUT2D eigenvalue weighted by Crippen LogP contribution is -2.31. The zero-order valence-electron chi connectivity index (χ0n) is 12.6. The summed E-state index contributed by atoms with van der Waals surface area (Å²) in [7, 11) is 0. The number of carbonyl (C=O) groups is 2. The smallest absolute Gasteiger partial charge is 0.342 e. The van der Waals surface area contributed by atoms with Crippen LogP contribution < -0.4 is 5.32 Å². The van der Waals surface area contributed by atoms with E-state index in [0.29, 0.717) is 21.4 Å². The van der Waals surface area contributed by atoms with E-state index in [0.717, 1.165) is 5.56 Å². The number of furan rings is 1. The first-order valence-electron chi connectivity index (χ1n) is 6.84. The molecule has 0 radical (unpaired) electrons. The zero-order chi connectivity index (χ0) is 17.0.